The number of hydrogen-bond acceptors (Lipinski definition) is 2. The number of aryl methyl sites for hydroxylation is 1. The third-order valence-corrected chi connectivity index (χ3v) is 5.16. The number of likely N-dealkylation sites (tertiary alicyclic amines) is 1. The van der Waals surface area contributed by atoms with E-state index in [1.807, 2.05) is 22.6 Å². The molecule has 1 aromatic rings. The largest absolute Gasteiger partial charge is 0.333 e. The molecule has 0 N–H and O–H groups in total. The van der Waals surface area contributed by atoms with E-state index in [1.165, 1.54) is 0 Å². The number of aromatic nitrogens is 2. The van der Waals surface area contributed by atoms with Crippen molar-refractivity contribution in [2.45, 2.75) is 70.4 Å². The average molecular weight is 325 g/mol. The van der Waals surface area contributed by atoms with Gasteiger partial charge in [0.1, 0.15) is 5.82 Å². The molecule has 2 fully saturated rings. The van der Waals surface area contributed by atoms with E-state index in [-0.39, 0.29) is 24.8 Å². The van der Waals surface area contributed by atoms with Crippen LogP contribution in [-0.2, 0) is 11.3 Å². The molecule has 1 saturated carbocycles. The van der Waals surface area contributed by atoms with Gasteiger partial charge in [-0.25, -0.2) is 13.8 Å². The van der Waals surface area contributed by atoms with Crippen molar-refractivity contribution in [3.05, 3.63) is 18.2 Å². The van der Waals surface area contributed by atoms with Crippen LogP contribution in [0, 0.1) is 5.92 Å². The molecule has 1 aromatic heterocycles. The third-order valence-electron chi connectivity index (χ3n) is 5.16. The predicted molar refractivity (Wildman–Crippen MR) is 83.1 cm³/mol. The Hall–Kier alpha value is -1.46. The van der Waals surface area contributed by atoms with Crippen molar-refractivity contribution in [2.24, 2.45) is 5.92 Å². The molecule has 0 spiro atoms. The molecule has 6 heteroatoms. The molecule has 0 bridgehead atoms. The molecule has 4 nitrogen and oxygen atoms in total. The number of carbonyl (C=O) groups excluding carboxylic acids is 1. The van der Waals surface area contributed by atoms with Crippen molar-refractivity contribution < 1.29 is 13.6 Å². The zero-order chi connectivity index (χ0) is 16.4. The van der Waals surface area contributed by atoms with E-state index in [1.54, 1.807) is 6.20 Å². The monoisotopic (exact) mass is 325 g/mol. The molecule has 1 aliphatic heterocycles. The molecule has 128 valence electrons. The van der Waals surface area contributed by atoms with Gasteiger partial charge < -0.3 is 9.47 Å². The minimum atomic E-state index is -2.69. The van der Waals surface area contributed by atoms with Crippen molar-refractivity contribution in [3.8, 4) is 0 Å². The second-order valence-corrected chi connectivity index (χ2v) is 6.76. The van der Waals surface area contributed by atoms with Gasteiger partial charge >= 0.3 is 0 Å². The molecule has 23 heavy (non-hydrogen) atoms. The fourth-order valence-electron chi connectivity index (χ4n) is 3.97. The Morgan fingerprint density at radius 1 is 1.35 bits per heavy atom. The summed E-state index contributed by atoms with van der Waals surface area (Å²) in [7, 11) is 0. The Labute approximate surface area is 135 Å². The van der Waals surface area contributed by atoms with Crippen molar-refractivity contribution in [1.29, 1.82) is 0 Å². The zero-order valence-electron chi connectivity index (χ0n) is 13.7. The van der Waals surface area contributed by atoms with Gasteiger partial charge in [0.2, 0.25) is 11.8 Å². The lowest BCUT2D eigenvalue weighted by molar-refractivity contribution is -0.146. The topological polar surface area (TPSA) is 38.1 Å². The number of imidazole rings is 1. The van der Waals surface area contributed by atoms with Gasteiger partial charge in [0, 0.05) is 44.2 Å². The van der Waals surface area contributed by atoms with Crippen molar-refractivity contribution in [2.75, 3.05) is 6.54 Å². The van der Waals surface area contributed by atoms with Crippen molar-refractivity contribution in [3.63, 3.8) is 0 Å². The van der Waals surface area contributed by atoms with Gasteiger partial charge in [-0.1, -0.05) is 0 Å². The smallest absolute Gasteiger partial charge is 0.248 e. The van der Waals surface area contributed by atoms with Crippen LogP contribution in [0.4, 0.5) is 8.78 Å². The van der Waals surface area contributed by atoms with E-state index >= 15 is 0 Å². The first kappa shape index (κ1) is 16.4. The fourth-order valence-corrected chi connectivity index (χ4v) is 3.97. The summed E-state index contributed by atoms with van der Waals surface area (Å²) in [6, 6.07) is -0.0678. The van der Waals surface area contributed by atoms with Crippen LogP contribution in [0.5, 0.6) is 0 Å². The van der Waals surface area contributed by atoms with Crippen LogP contribution >= 0.6 is 0 Å². The molecule has 0 unspecified atom stereocenters. The summed E-state index contributed by atoms with van der Waals surface area (Å²) >= 11 is 0. The molecule has 2 heterocycles. The molecule has 0 aromatic carbocycles. The third kappa shape index (κ3) is 3.40. The van der Waals surface area contributed by atoms with Crippen molar-refractivity contribution >= 4 is 5.91 Å². The van der Waals surface area contributed by atoms with Crippen LogP contribution in [-0.4, -0.2) is 32.8 Å². The van der Waals surface area contributed by atoms with Gasteiger partial charge in [0.15, 0.2) is 0 Å². The SMILES string of the molecule is CCn1ccnc1[C@@H]1CCCCN1C(=O)[C@H]1CCCC(F)(F)C1. The predicted octanol–water partition coefficient (Wildman–Crippen LogP) is 3.78. The lowest BCUT2D eigenvalue weighted by atomic mass is 9.84. The maximum Gasteiger partial charge on any atom is 0.248 e. The Balaban J connectivity index is 1.79. The van der Waals surface area contributed by atoms with Gasteiger partial charge in [-0.2, -0.15) is 0 Å². The molecule has 1 aliphatic carbocycles. The number of alkyl halides is 2. The van der Waals surface area contributed by atoms with Crippen LogP contribution in [0.3, 0.4) is 0 Å². The Morgan fingerprint density at radius 2 is 2.17 bits per heavy atom. The first-order chi connectivity index (χ1) is 11.0. The summed E-state index contributed by atoms with van der Waals surface area (Å²) < 4.78 is 29.4. The fraction of sp³-hybridized carbons (Fsp3) is 0.765. The van der Waals surface area contributed by atoms with E-state index in [2.05, 4.69) is 4.98 Å². The van der Waals surface area contributed by atoms with E-state index in [0.717, 1.165) is 31.6 Å². The Morgan fingerprint density at radius 3 is 2.91 bits per heavy atom. The van der Waals surface area contributed by atoms with Crippen molar-refractivity contribution in [1.82, 2.24) is 14.5 Å². The highest BCUT2D eigenvalue weighted by Gasteiger charge is 2.42. The quantitative estimate of drug-likeness (QED) is 0.848. The van der Waals surface area contributed by atoms with Crippen LogP contribution in [0.2, 0.25) is 0 Å². The second kappa shape index (κ2) is 6.57. The van der Waals surface area contributed by atoms with Gasteiger partial charge in [0.05, 0.1) is 6.04 Å². The Kier molecular flexibility index (Phi) is 4.69. The normalized spacial score (nSPS) is 27.9. The summed E-state index contributed by atoms with van der Waals surface area (Å²) in [6.45, 7) is 3.50. The Bertz CT molecular complexity index is 558. The molecule has 2 aliphatic rings. The van der Waals surface area contributed by atoms with Crippen LogP contribution in [0.1, 0.15) is 63.7 Å². The first-order valence-electron chi connectivity index (χ1n) is 8.71. The van der Waals surface area contributed by atoms with Gasteiger partial charge in [-0.15, -0.1) is 0 Å². The van der Waals surface area contributed by atoms with Gasteiger partial charge in [-0.05, 0) is 39.0 Å². The van der Waals surface area contributed by atoms with E-state index < -0.39 is 11.8 Å². The highest BCUT2D eigenvalue weighted by atomic mass is 19.3. The first-order valence-corrected chi connectivity index (χ1v) is 8.71. The zero-order valence-corrected chi connectivity index (χ0v) is 13.7. The number of hydrogen-bond donors (Lipinski definition) is 0. The van der Waals surface area contributed by atoms with Crippen LogP contribution in [0.15, 0.2) is 12.4 Å². The summed E-state index contributed by atoms with van der Waals surface area (Å²) in [6.07, 6.45) is 7.17. The molecular formula is C17H25F2N3O. The molecule has 0 radical (unpaired) electrons. The number of amides is 1. The maximum atomic E-state index is 13.7. The number of halogens is 2. The van der Waals surface area contributed by atoms with E-state index in [9.17, 15) is 13.6 Å². The number of carbonyl (C=O) groups is 1. The summed E-state index contributed by atoms with van der Waals surface area (Å²) in [4.78, 5) is 19.2. The number of piperidine rings is 1. The molecule has 1 amide bonds. The van der Waals surface area contributed by atoms with Gasteiger partial charge in [-0.3, -0.25) is 4.79 Å². The minimum absolute atomic E-state index is 0.0678. The summed E-state index contributed by atoms with van der Waals surface area (Å²) in [5, 5.41) is 0. The van der Waals surface area contributed by atoms with Crippen LogP contribution < -0.4 is 0 Å². The lowest BCUT2D eigenvalue weighted by Gasteiger charge is -2.39. The minimum Gasteiger partial charge on any atom is -0.333 e. The lowest BCUT2D eigenvalue weighted by Crippen LogP contribution is -2.45. The maximum absolute atomic E-state index is 13.7. The molecule has 2 atom stereocenters. The summed E-state index contributed by atoms with van der Waals surface area (Å²) in [5.74, 6) is -2.43. The van der Waals surface area contributed by atoms with E-state index in [4.69, 9.17) is 0 Å². The number of nitrogens with zero attached hydrogens (tertiary/aromatic N) is 3. The standard InChI is InChI=1S/C17H25F2N3O/c1-2-21-11-9-20-15(21)14-7-3-4-10-22(14)16(23)13-6-5-8-17(18,19)12-13/h9,11,13-14H,2-8,10,12H2,1H3/t13-,14-/m0/s1. The highest BCUT2D eigenvalue weighted by Crippen LogP contribution is 2.39. The molecule has 3 rings (SSSR count). The second-order valence-electron chi connectivity index (χ2n) is 6.76. The summed E-state index contributed by atoms with van der Waals surface area (Å²) in [5.41, 5.74) is 0. The molecule has 1 saturated heterocycles. The number of rotatable bonds is 3. The molecular weight excluding hydrogens is 300 g/mol. The highest BCUT2D eigenvalue weighted by molar-refractivity contribution is 5.79. The van der Waals surface area contributed by atoms with Gasteiger partial charge in [0.25, 0.3) is 0 Å². The average Bonchev–Trinajstić information content (AvgIpc) is 3.01. The van der Waals surface area contributed by atoms with E-state index in [0.29, 0.717) is 19.4 Å². The van der Waals surface area contributed by atoms with Crippen LogP contribution in [0.25, 0.3) is 0 Å².